The van der Waals surface area contributed by atoms with E-state index in [0.717, 1.165) is 28.7 Å². The normalized spacial score (nSPS) is 15.6. The fraction of sp³-hybridized carbons (Fsp3) is 0.185. The van der Waals surface area contributed by atoms with Crippen LogP contribution in [0.2, 0.25) is 0 Å². The SMILES string of the molecule is CC1CN(c2nc(N/N=C/c3ccc(Nc4ccc(-c5cccc(O)c5)cc4)cn3)ncc2F)CCO1. The van der Waals surface area contributed by atoms with E-state index in [0.29, 0.717) is 25.4 Å². The number of phenolic OH excluding ortho intramolecular Hbond substituents is 1. The van der Waals surface area contributed by atoms with Gasteiger partial charge in [0, 0.05) is 18.8 Å². The van der Waals surface area contributed by atoms with Gasteiger partial charge in [-0.25, -0.2) is 14.8 Å². The number of phenols is 1. The van der Waals surface area contributed by atoms with Crippen LogP contribution in [0.15, 0.2) is 78.2 Å². The number of pyridine rings is 1. The van der Waals surface area contributed by atoms with Crippen LogP contribution in [0.3, 0.4) is 0 Å². The van der Waals surface area contributed by atoms with Gasteiger partial charge in [-0.05, 0) is 54.4 Å². The fourth-order valence-electron chi connectivity index (χ4n) is 3.95. The standard InChI is InChI=1S/C27H26FN7O2/c1-18-17-35(11-12-37-18)26-25(28)16-30-27(33-26)34-31-15-22-9-10-23(14-29-22)32-21-7-5-19(6-8-21)20-3-2-4-24(36)13-20/h2-10,13-16,18,32,36H,11-12,17H2,1H3,(H,30,33,34)/b31-15+. The zero-order valence-electron chi connectivity index (χ0n) is 20.2. The van der Waals surface area contributed by atoms with Gasteiger partial charge >= 0.3 is 0 Å². The summed E-state index contributed by atoms with van der Waals surface area (Å²) in [6, 6.07) is 18.8. The molecule has 0 amide bonds. The Morgan fingerprint density at radius 2 is 1.89 bits per heavy atom. The third kappa shape index (κ3) is 6.17. The van der Waals surface area contributed by atoms with Gasteiger partial charge in [-0.2, -0.15) is 10.1 Å². The Balaban J connectivity index is 1.18. The maximum Gasteiger partial charge on any atom is 0.245 e. The van der Waals surface area contributed by atoms with Crippen molar-refractivity contribution in [1.82, 2.24) is 15.0 Å². The average Bonchev–Trinajstić information content (AvgIpc) is 2.91. The number of nitrogens with one attached hydrogen (secondary N) is 2. The molecule has 0 saturated carbocycles. The van der Waals surface area contributed by atoms with Crippen LogP contribution in [0.1, 0.15) is 12.6 Å². The molecule has 1 saturated heterocycles. The van der Waals surface area contributed by atoms with Crippen LogP contribution in [-0.4, -0.2) is 52.1 Å². The highest BCUT2D eigenvalue weighted by molar-refractivity contribution is 5.78. The molecule has 188 valence electrons. The van der Waals surface area contributed by atoms with Crippen molar-refractivity contribution in [1.29, 1.82) is 0 Å². The second-order valence-corrected chi connectivity index (χ2v) is 8.59. The number of hydrogen-bond donors (Lipinski definition) is 3. The van der Waals surface area contributed by atoms with Gasteiger partial charge in [0.2, 0.25) is 5.95 Å². The largest absolute Gasteiger partial charge is 0.508 e. The summed E-state index contributed by atoms with van der Waals surface area (Å²) in [7, 11) is 0. The van der Waals surface area contributed by atoms with Crippen molar-refractivity contribution in [3.05, 3.63) is 84.6 Å². The van der Waals surface area contributed by atoms with E-state index in [1.165, 1.54) is 6.21 Å². The van der Waals surface area contributed by atoms with Crippen molar-refractivity contribution in [3.63, 3.8) is 0 Å². The van der Waals surface area contributed by atoms with Crippen molar-refractivity contribution >= 4 is 29.4 Å². The van der Waals surface area contributed by atoms with Crippen LogP contribution in [0.5, 0.6) is 5.75 Å². The maximum absolute atomic E-state index is 14.3. The van der Waals surface area contributed by atoms with Gasteiger partial charge in [-0.15, -0.1) is 0 Å². The molecule has 1 fully saturated rings. The van der Waals surface area contributed by atoms with Gasteiger partial charge in [-0.1, -0.05) is 24.3 Å². The van der Waals surface area contributed by atoms with E-state index < -0.39 is 5.82 Å². The Morgan fingerprint density at radius 1 is 1.05 bits per heavy atom. The molecule has 1 unspecified atom stereocenters. The van der Waals surface area contributed by atoms with Gasteiger partial charge < -0.3 is 20.1 Å². The summed E-state index contributed by atoms with van der Waals surface area (Å²) < 4.78 is 19.8. The number of morpholine rings is 1. The molecule has 1 atom stereocenters. The minimum atomic E-state index is -0.484. The molecule has 5 rings (SSSR count). The molecule has 4 aromatic rings. The lowest BCUT2D eigenvalue weighted by Crippen LogP contribution is -2.42. The highest BCUT2D eigenvalue weighted by Crippen LogP contribution is 2.26. The first-order valence-corrected chi connectivity index (χ1v) is 11.8. The van der Waals surface area contributed by atoms with Gasteiger partial charge in [0.1, 0.15) is 5.75 Å². The van der Waals surface area contributed by atoms with Crippen molar-refractivity contribution < 1.29 is 14.2 Å². The Hall–Kier alpha value is -4.57. The average molecular weight is 500 g/mol. The number of nitrogens with zero attached hydrogens (tertiary/aromatic N) is 5. The Labute approximate surface area is 213 Å². The molecule has 3 heterocycles. The minimum absolute atomic E-state index is 0.00476. The summed E-state index contributed by atoms with van der Waals surface area (Å²) in [5.41, 5.74) is 7.05. The van der Waals surface area contributed by atoms with Crippen LogP contribution in [0, 0.1) is 5.82 Å². The molecule has 0 aliphatic carbocycles. The number of rotatable bonds is 7. The van der Waals surface area contributed by atoms with Gasteiger partial charge in [0.25, 0.3) is 0 Å². The monoisotopic (exact) mass is 499 g/mol. The van der Waals surface area contributed by atoms with E-state index in [1.807, 2.05) is 60.4 Å². The van der Waals surface area contributed by atoms with Crippen LogP contribution in [-0.2, 0) is 4.74 Å². The summed E-state index contributed by atoms with van der Waals surface area (Å²) in [5, 5.41) is 17.1. The molecular formula is C27H26FN7O2. The number of hydrogen-bond acceptors (Lipinski definition) is 9. The topological polar surface area (TPSA) is 108 Å². The van der Waals surface area contributed by atoms with Crippen LogP contribution >= 0.6 is 0 Å². The molecular weight excluding hydrogens is 473 g/mol. The fourth-order valence-corrected chi connectivity index (χ4v) is 3.95. The molecule has 37 heavy (non-hydrogen) atoms. The van der Waals surface area contributed by atoms with E-state index in [2.05, 4.69) is 30.8 Å². The first kappa shape index (κ1) is 24.1. The lowest BCUT2D eigenvalue weighted by Gasteiger charge is -2.32. The Bertz CT molecular complexity index is 1380. The number of benzene rings is 2. The van der Waals surface area contributed by atoms with Gasteiger partial charge in [0.15, 0.2) is 11.6 Å². The highest BCUT2D eigenvalue weighted by Gasteiger charge is 2.21. The Morgan fingerprint density at radius 3 is 2.65 bits per heavy atom. The number of aromatic nitrogens is 3. The van der Waals surface area contributed by atoms with Crippen molar-refractivity contribution in [2.45, 2.75) is 13.0 Å². The summed E-state index contributed by atoms with van der Waals surface area (Å²) in [4.78, 5) is 14.5. The predicted octanol–water partition coefficient (Wildman–Crippen LogP) is 4.80. The Kier molecular flexibility index (Phi) is 7.18. The molecule has 9 nitrogen and oxygen atoms in total. The molecule has 0 spiro atoms. The van der Waals surface area contributed by atoms with Crippen LogP contribution in [0.4, 0.5) is 27.5 Å². The zero-order valence-corrected chi connectivity index (χ0v) is 20.2. The summed E-state index contributed by atoms with van der Waals surface area (Å²) in [6.07, 6.45) is 4.38. The molecule has 2 aromatic heterocycles. The summed E-state index contributed by atoms with van der Waals surface area (Å²) in [6.45, 7) is 3.58. The first-order chi connectivity index (χ1) is 18.0. The number of aromatic hydroxyl groups is 1. The second kappa shape index (κ2) is 11.0. The van der Waals surface area contributed by atoms with E-state index in [-0.39, 0.29) is 23.6 Å². The van der Waals surface area contributed by atoms with Gasteiger partial charge in [-0.3, -0.25) is 4.98 Å². The molecule has 10 heteroatoms. The number of halogens is 1. The van der Waals surface area contributed by atoms with E-state index in [9.17, 15) is 9.50 Å². The maximum atomic E-state index is 14.3. The number of anilines is 4. The molecule has 1 aliphatic rings. The van der Waals surface area contributed by atoms with Crippen molar-refractivity contribution in [2.24, 2.45) is 5.10 Å². The van der Waals surface area contributed by atoms with Gasteiger partial charge in [0.05, 0.1) is 42.7 Å². The molecule has 0 bridgehead atoms. The summed E-state index contributed by atoms with van der Waals surface area (Å²) >= 11 is 0. The van der Waals surface area contributed by atoms with E-state index in [4.69, 9.17) is 4.74 Å². The third-order valence-electron chi connectivity index (χ3n) is 5.77. The minimum Gasteiger partial charge on any atom is -0.508 e. The molecule has 1 aliphatic heterocycles. The first-order valence-electron chi connectivity index (χ1n) is 11.8. The second-order valence-electron chi connectivity index (χ2n) is 8.59. The molecule has 3 N–H and O–H groups in total. The zero-order chi connectivity index (χ0) is 25.6. The quantitative estimate of drug-likeness (QED) is 0.246. The van der Waals surface area contributed by atoms with E-state index in [1.54, 1.807) is 18.3 Å². The number of ether oxygens (including phenoxy) is 1. The molecule has 0 radical (unpaired) electrons. The lowest BCUT2D eigenvalue weighted by atomic mass is 10.1. The van der Waals surface area contributed by atoms with Crippen molar-refractivity contribution in [2.75, 3.05) is 35.3 Å². The van der Waals surface area contributed by atoms with Crippen LogP contribution < -0.4 is 15.6 Å². The predicted molar refractivity (Wildman–Crippen MR) is 142 cm³/mol. The molecule has 2 aromatic carbocycles. The third-order valence-corrected chi connectivity index (χ3v) is 5.77. The lowest BCUT2D eigenvalue weighted by molar-refractivity contribution is 0.0527. The smallest absolute Gasteiger partial charge is 0.245 e. The van der Waals surface area contributed by atoms with Crippen molar-refractivity contribution in [3.8, 4) is 16.9 Å². The highest BCUT2D eigenvalue weighted by atomic mass is 19.1. The van der Waals surface area contributed by atoms with Crippen LogP contribution in [0.25, 0.3) is 11.1 Å². The van der Waals surface area contributed by atoms with E-state index >= 15 is 0 Å². The summed E-state index contributed by atoms with van der Waals surface area (Å²) in [5.74, 6) is 0.176. The number of hydrazone groups is 1.